The van der Waals surface area contributed by atoms with Gasteiger partial charge in [0.1, 0.15) is 11.2 Å². The van der Waals surface area contributed by atoms with E-state index < -0.39 is 11.4 Å². The highest BCUT2D eigenvalue weighted by Gasteiger charge is 2.57. The van der Waals surface area contributed by atoms with Gasteiger partial charge in [-0.3, -0.25) is 4.79 Å². The molecule has 102 valence electrons. The summed E-state index contributed by atoms with van der Waals surface area (Å²) < 4.78 is 20.2. The molecule has 2 heterocycles. The minimum absolute atomic E-state index is 0.0274. The average Bonchev–Trinajstić information content (AvgIpc) is 2.93. The Labute approximate surface area is 118 Å². The second-order valence-corrected chi connectivity index (χ2v) is 6.32. The number of hydrogen-bond donors (Lipinski definition) is 1. The first kappa shape index (κ1) is 13.1. The van der Waals surface area contributed by atoms with Crippen LogP contribution in [-0.4, -0.2) is 23.3 Å². The molecule has 0 saturated carbocycles. The van der Waals surface area contributed by atoms with Gasteiger partial charge in [-0.2, -0.15) is 0 Å². The molecule has 1 aromatic rings. The number of halogens is 2. The van der Waals surface area contributed by atoms with Crippen LogP contribution in [-0.2, 0) is 16.0 Å². The van der Waals surface area contributed by atoms with E-state index in [2.05, 4.69) is 15.9 Å². The molecular formula is C14H14BrFO3. The van der Waals surface area contributed by atoms with E-state index in [1.807, 2.05) is 0 Å². The summed E-state index contributed by atoms with van der Waals surface area (Å²) in [5, 5.41) is 9.58. The minimum Gasteiger partial charge on any atom is -0.481 e. The van der Waals surface area contributed by atoms with E-state index in [9.17, 15) is 14.3 Å². The molecule has 3 nitrogen and oxygen atoms in total. The number of carbonyl (C=O) groups is 1. The molecule has 2 bridgehead atoms. The fourth-order valence-electron chi connectivity index (χ4n) is 3.29. The molecule has 0 radical (unpaired) electrons. The van der Waals surface area contributed by atoms with Crippen molar-refractivity contribution in [3.05, 3.63) is 34.1 Å². The van der Waals surface area contributed by atoms with E-state index in [1.54, 1.807) is 12.1 Å². The maximum absolute atomic E-state index is 13.9. The normalized spacial score (nSPS) is 32.7. The van der Waals surface area contributed by atoms with Crippen molar-refractivity contribution in [3.63, 3.8) is 0 Å². The lowest BCUT2D eigenvalue weighted by Gasteiger charge is -2.31. The molecule has 3 atom stereocenters. The van der Waals surface area contributed by atoms with Gasteiger partial charge in [0.25, 0.3) is 0 Å². The largest absolute Gasteiger partial charge is 0.481 e. The number of hydrogen-bond acceptors (Lipinski definition) is 2. The van der Waals surface area contributed by atoms with Crippen LogP contribution in [0.3, 0.4) is 0 Å². The second kappa shape index (κ2) is 4.56. The summed E-state index contributed by atoms with van der Waals surface area (Å²) >= 11 is 3.20. The van der Waals surface area contributed by atoms with Crippen molar-refractivity contribution in [1.29, 1.82) is 0 Å². The van der Waals surface area contributed by atoms with Crippen molar-refractivity contribution in [1.82, 2.24) is 0 Å². The van der Waals surface area contributed by atoms with Crippen LogP contribution in [0, 0.1) is 11.2 Å². The molecular weight excluding hydrogens is 315 g/mol. The lowest BCUT2D eigenvalue weighted by Crippen LogP contribution is -2.42. The molecule has 2 aliphatic rings. The molecule has 3 rings (SSSR count). The van der Waals surface area contributed by atoms with E-state index >= 15 is 0 Å². The van der Waals surface area contributed by atoms with Crippen molar-refractivity contribution >= 4 is 21.9 Å². The molecule has 0 aromatic heterocycles. The average molecular weight is 329 g/mol. The lowest BCUT2D eigenvalue weighted by molar-refractivity contribution is -0.152. The summed E-state index contributed by atoms with van der Waals surface area (Å²) in [6.45, 7) is 0. The summed E-state index contributed by atoms with van der Waals surface area (Å²) in [5.41, 5.74) is -0.515. The molecule has 0 amide bonds. The van der Waals surface area contributed by atoms with Crippen LogP contribution in [0.15, 0.2) is 22.7 Å². The van der Waals surface area contributed by atoms with Gasteiger partial charge in [-0.25, -0.2) is 4.39 Å². The minimum atomic E-state index is -0.961. The van der Waals surface area contributed by atoms with Crippen molar-refractivity contribution in [3.8, 4) is 0 Å². The predicted molar refractivity (Wildman–Crippen MR) is 70.4 cm³/mol. The van der Waals surface area contributed by atoms with E-state index in [1.165, 1.54) is 6.07 Å². The van der Waals surface area contributed by atoms with Crippen molar-refractivity contribution < 1.29 is 19.0 Å². The fraction of sp³-hybridized carbons (Fsp3) is 0.500. The second-order valence-electron chi connectivity index (χ2n) is 5.40. The third-order valence-electron chi connectivity index (χ3n) is 4.26. The molecule has 1 aromatic carbocycles. The van der Waals surface area contributed by atoms with Gasteiger partial charge in [0.2, 0.25) is 0 Å². The first-order chi connectivity index (χ1) is 9.01. The van der Waals surface area contributed by atoms with Crippen LogP contribution >= 0.6 is 15.9 Å². The van der Waals surface area contributed by atoms with Crippen molar-refractivity contribution in [2.24, 2.45) is 5.41 Å². The zero-order valence-electron chi connectivity index (χ0n) is 10.2. The Morgan fingerprint density at radius 3 is 2.84 bits per heavy atom. The number of fused-ring (bicyclic) bond motifs is 2. The highest BCUT2D eigenvalue weighted by molar-refractivity contribution is 9.10. The Balaban J connectivity index is 1.93. The topological polar surface area (TPSA) is 46.5 Å². The number of carboxylic acid groups (broad SMARTS) is 1. The summed E-state index contributed by atoms with van der Waals surface area (Å²) in [7, 11) is 0. The zero-order chi connectivity index (χ0) is 13.6. The van der Waals surface area contributed by atoms with Gasteiger partial charge in [-0.05, 0) is 43.4 Å². The Morgan fingerprint density at radius 2 is 2.32 bits per heavy atom. The Kier molecular flexibility index (Phi) is 3.14. The fourth-order valence-corrected chi connectivity index (χ4v) is 3.62. The van der Waals surface area contributed by atoms with E-state index in [0.29, 0.717) is 16.5 Å². The lowest BCUT2D eigenvalue weighted by atomic mass is 9.70. The number of ether oxygens (including phenoxy) is 1. The first-order valence-electron chi connectivity index (χ1n) is 6.34. The Bertz CT molecular complexity index is 533. The predicted octanol–water partition coefficient (Wildman–Crippen LogP) is 3.15. The third-order valence-corrected chi connectivity index (χ3v) is 4.76. The van der Waals surface area contributed by atoms with E-state index in [0.717, 1.165) is 12.8 Å². The summed E-state index contributed by atoms with van der Waals surface area (Å²) in [5.74, 6) is -1.24. The van der Waals surface area contributed by atoms with Crippen LogP contribution in [0.4, 0.5) is 4.39 Å². The van der Waals surface area contributed by atoms with Crippen LogP contribution in [0.1, 0.15) is 24.8 Å². The SMILES string of the molecule is O=C(O)C1(Cc2ccc(Br)cc2F)CC2CCC1O2. The molecule has 2 saturated heterocycles. The molecule has 2 aliphatic heterocycles. The van der Waals surface area contributed by atoms with Gasteiger partial charge in [0.15, 0.2) is 0 Å². The number of carboxylic acids is 1. The van der Waals surface area contributed by atoms with Crippen LogP contribution < -0.4 is 0 Å². The van der Waals surface area contributed by atoms with Gasteiger partial charge < -0.3 is 9.84 Å². The third kappa shape index (κ3) is 2.09. The molecule has 0 aliphatic carbocycles. The zero-order valence-corrected chi connectivity index (χ0v) is 11.8. The van der Waals surface area contributed by atoms with Crippen LogP contribution in [0.5, 0.6) is 0 Å². The van der Waals surface area contributed by atoms with Gasteiger partial charge >= 0.3 is 5.97 Å². The summed E-state index contributed by atoms with van der Waals surface area (Å²) in [6, 6.07) is 4.76. The van der Waals surface area contributed by atoms with E-state index in [4.69, 9.17) is 4.74 Å². The number of aliphatic carboxylic acids is 1. The first-order valence-corrected chi connectivity index (χ1v) is 7.13. The Morgan fingerprint density at radius 1 is 1.53 bits per heavy atom. The highest BCUT2D eigenvalue weighted by Crippen LogP contribution is 2.50. The molecule has 5 heteroatoms. The number of benzene rings is 1. The van der Waals surface area contributed by atoms with Crippen molar-refractivity contribution in [2.75, 3.05) is 0 Å². The molecule has 3 unspecified atom stereocenters. The summed E-state index contributed by atoms with van der Waals surface area (Å²) in [4.78, 5) is 11.7. The maximum Gasteiger partial charge on any atom is 0.312 e. The smallest absolute Gasteiger partial charge is 0.312 e. The Hall–Kier alpha value is -0.940. The van der Waals surface area contributed by atoms with Gasteiger partial charge in [0.05, 0.1) is 12.2 Å². The highest BCUT2D eigenvalue weighted by atomic mass is 79.9. The molecule has 2 fully saturated rings. The van der Waals surface area contributed by atoms with Gasteiger partial charge in [-0.15, -0.1) is 0 Å². The number of rotatable bonds is 3. The maximum atomic E-state index is 13.9. The van der Waals surface area contributed by atoms with Crippen molar-refractivity contribution in [2.45, 2.75) is 37.9 Å². The van der Waals surface area contributed by atoms with Crippen LogP contribution in [0.2, 0.25) is 0 Å². The van der Waals surface area contributed by atoms with Gasteiger partial charge in [0, 0.05) is 4.47 Å². The van der Waals surface area contributed by atoms with Crippen LogP contribution in [0.25, 0.3) is 0 Å². The monoisotopic (exact) mass is 328 g/mol. The van der Waals surface area contributed by atoms with Gasteiger partial charge in [-0.1, -0.05) is 22.0 Å². The quantitative estimate of drug-likeness (QED) is 0.927. The summed E-state index contributed by atoms with van der Waals surface area (Å²) in [6.07, 6.45) is 2.11. The molecule has 0 spiro atoms. The standard InChI is InChI=1S/C14H14BrFO3/c15-9-2-1-8(11(16)5-9)6-14(13(17)18)7-10-3-4-12(14)19-10/h1-2,5,10,12H,3-4,6-7H2,(H,17,18). The molecule has 19 heavy (non-hydrogen) atoms. The van der Waals surface area contributed by atoms with E-state index in [-0.39, 0.29) is 24.4 Å². The molecule has 1 N–H and O–H groups in total.